The minimum absolute atomic E-state index is 0.0184. The number of halogens is 3. The van der Waals surface area contributed by atoms with E-state index in [0.717, 1.165) is 0 Å². The zero-order chi connectivity index (χ0) is 15.4. The summed E-state index contributed by atoms with van der Waals surface area (Å²) in [6, 6.07) is 9.14. The van der Waals surface area contributed by atoms with Gasteiger partial charge in [-0.25, -0.2) is 5.43 Å². The van der Waals surface area contributed by atoms with E-state index in [0.29, 0.717) is 20.6 Å². The molecule has 1 amide bonds. The van der Waals surface area contributed by atoms with Gasteiger partial charge in [0.2, 0.25) is 0 Å². The highest BCUT2D eigenvalue weighted by molar-refractivity contribution is 6.38. The highest BCUT2D eigenvalue weighted by Crippen LogP contribution is 2.23. The van der Waals surface area contributed by atoms with Gasteiger partial charge in [-0.05, 0) is 30.3 Å². The van der Waals surface area contributed by atoms with E-state index in [1.54, 1.807) is 18.2 Å². The molecule has 7 heteroatoms. The average Bonchev–Trinajstić information content (AvgIpc) is 2.44. The first kappa shape index (κ1) is 15.6. The van der Waals surface area contributed by atoms with Gasteiger partial charge in [0.25, 0.3) is 5.91 Å². The predicted molar refractivity (Wildman–Crippen MR) is 84.6 cm³/mol. The minimum atomic E-state index is -0.602. The lowest BCUT2D eigenvalue weighted by atomic mass is 10.2. The third-order valence-electron chi connectivity index (χ3n) is 2.56. The molecule has 0 aliphatic heterocycles. The predicted octanol–water partition coefficient (Wildman–Crippen LogP) is 4.12. The standard InChI is InChI=1S/C14H9Cl3N2O2/c15-8-4-5-13(20)9(6-8)14(21)19-18-7-10-11(16)2-1-3-12(10)17/h1-7,20H,(H,19,21). The molecule has 0 bridgehead atoms. The van der Waals surface area contributed by atoms with E-state index < -0.39 is 5.91 Å². The number of rotatable bonds is 3. The number of nitrogens with one attached hydrogen (secondary N) is 1. The second-order valence-electron chi connectivity index (χ2n) is 4.00. The van der Waals surface area contributed by atoms with Gasteiger partial charge in [-0.3, -0.25) is 4.79 Å². The fourth-order valence-corrected chi connectivity index (χ4v) is 2.21. The van der Waals surface area contributed by atoms with Gasteiger partial charge >= 0.3 is 0 Å². The Kier molecular flexibility index (Phi) is 5.07. The van der Waals surface area contributed by atoms with E-state index in [-0.39, 0.29) is 11.3 Å². The molecule has 2 aromatic rings. The molecule has 0 heterocycles. The summed E-state index contributed by atoms with van der Waals surface area (Å²) in [5, 5.41) is 14.5. The van der Waals surface area contributed by atoms with Crippen LogP contribution >= 0.6 is 34.8 Å². The van der Waals surface area contributed by atoms with Gasteiger partial charge < -0.3 is 5.11 Å². The van der Waals surface area contributed by atoms with Crippen molar-refractivity contribution in [3.05, 3.63) is 62.6 Å². The average molecular weight is 344 g/mol. The second-order valence-corrected chi connectivity index (χ2v) is 5.25. The highest BCUT2D eigenvalue weighted by Gasteiger charge is 2.11. The van der Waals surface area contributed by atoms with Crippen molar-refractivity contribution in [1.82, 2.24) is 5.43 Å². The zero-order valence-electron chi connectivity index (χ0n) is 10.5. The molecular formula is C14H9Cl3N2O2. The molecule has 0 aromatic heterocycles. The molecule has 0 saturated carbocycles. The van der Waals surface area contributed by atoms with Gasteiger partial charge in [0.15, 0.2) is 0 Å². The third kappa shape index (κ3) is 3.88. The molecule has 2 aromatic carbocycles. The van der Waals surface area contributed by atoms with Crippen molar-refractivity contribution in [1.29, 1.82) is 0 Å². The van der Waals surface area contributed by atoms with Gasteiger partial charge in [-0.2, -0.15) is 5.10 Å². The van der Waals surface area contributed by atoms with Crippen LogP contribution in [0.1, 0.15) is 15.9 Å². The molecule has 0 saturated heterocycles. The molecule has 0 aliphatic rings. The van der Waals surface area contributed by atoms with Gasteiger partial charge in [-0.1, -0.05) is 40.9 Å². The number of amides is 1. The summed E-state index contributed by atoms with van der Waals surface area (Å²) >= 11 is 17.7. The van der Waals surface area contributed by atoms with Crippen LogP contribution in [0.4, 0.5) is 0 Å². The molecule has 4 nitrogen and oxygen atoms in total. The number of carbonyl (C=O) groups is 1. The molecule has 0 aliphatic carbocycles. The summed E-state index contributed by atoms with van der Waals surface area (Å²) in [4.78, 5) is 11.9. The number of hydrogen-bond acceptors (Lipinski definition) is 3. The summed E-state index contributed by atoms with van der Waals surface area (Å²) in [6.07, 6.45) is 1.32. The van der Waals surface area contributed by atoms with Crippen molar-refractivity contribution < 1.29 is 9.90 Å². The Morgan fingerprint density at radius 1 is 1.14 bits per heavy atom. The van der Waals surface area contributed by atoms with E-state index in [4.69, 9.17) is 34.8 Å². The van der Waals surface area contributed by atoms with Crippen molar-refractivity contribution in [2.24, 2.45) is 5.10 Å². The lowest BCUT2D eigenvalue weighted by molar-refractivity contribution is 0.0952. The largest absolute Gasteiger partial charge is 0.507 e. The summed E-state index contributed by atoms with van der Waals surface area (Å²) in [7, 11) is 0. The van der Waals surface area contributed by atoms with E-state index in [2.05, 4.69) is 10.5 Å². The number of aromatic hydroxyl groups is 1. The van der Waals surface area contributed by atoms with Crippen LogP contribution in [0, 0.1) is 0 Å². The Hall–Kier alpha value is -1.75. The number of hydrogen-bond donors (Lipinski definition) is 2. The van der Waals surface area contributed by atoms with Gasteiger partial charge in [0, 0.05) is 10.6 Å². The number of benzene rings is 2. The Morgan fingerprint density at radius 2 is 1.81 bits per heavy atom. The van der Waals surface area contributed by atoms with Crippen LogP contribution in [-0.2, 0) is 0 Å². The maximum Gasteiger partial charge on any atom is 0.275 e. The van der Waals surface area contributed by atoms with Crippen molar-refractivity contribution in [3.63, 3.8) is 0 Å². The smallest absolute Gasteiger partial charge is 0.275 e. The van der Waals surface area contributed by atoms with Crippen molar-refractivity contribution in [3.8, 4) is 5.75 Å². The van der Waals surface area contributed by atoms with Gasteiger partial charge in [-0.15, -0.1) is 0 Å². The maximum absolute atomic E-state index is 11.9. The summed E-state index contributed by atoms with van der Waals surface area (Å²) in [6.45, 7) is 0. The molecule has 108 valence electrons. The molecular weight excluding hydrogens is 335 g/mol. The van der Waals surface area contributed by atoms with Crippen molar-refractivity contribution >= 4 is 46.9 Å². The molecule has 0 radical (unpaired) electrons. The first-order chi connectivity index (χ1) is 9.99. The van der Waals surface area contributed by atoms with E-state index in [1.807, 2.05) is 0 Å². The first-order valence-corrected chi connectivity index (χ1v) is 6.88. The van der Waals surface area contributed by atoms with E-state index in [9.17, 15) is 9.90 Å². The van der Waals surface area contributed by atoms with Crippen molar-refractivity contribution in [2.45, 2.75) is 0 Å². The third-order valence-corrected chi connectivity index (χ3v) is 3.46. The fourth-order valence-electron chi connectivity index (χ4n) is 1.54. The minimum Gasteiger partial charge on any atom is -0.507 e. The normalized spacial score (nSPS) is 10.8. The first-order valence-electron chi connectivity index (χ1n) is 5.75. The second kappa shape index (κ2) is 6.80. The van der Waals surface area contributed by atoms with Gasteiger partial charge in [0.1, 0.15) is 5.75 Å². The lowest BCUT2D eigenvalue weighted by Crippen LogP contribution is -2.17. The molecule has 2 rings (SSSR count). The van der Waals surface area contributed by atoms with Crippen LogP contribution in [0.2, 0.25) is 15.1 Å². The zero-order valence-corrected chi connectivity index (χ0v) is 12.7. The fraction of sp³-hybridized carbons (Fsp3) is 0. The number of phenols is 1. The summed E-state index contributed by atoms with van der Waals surface area (Å²) in [5.74, 6) is -0.794. The number of nitrogens with zero attached hydrogens (tertiary/aromatic N) is 1. The maximum atomic E-state index is 11.9. The van der Waals surface area contributed by atoms with Crippen molar-refractivity contribution in [2.75, 3.05) is 0 Å². The lowest BCUT2D eigenvalue weighted by Gasteiger charge is -2.04. The monoisotopic (exact) mass is 342 g/mol. The Balaban J connectivity index is 2.14. The molecule has 21 heavy (non-hydrogen) atoms. The Bertz CT molecular complexity index is 697. The number of carbonyl (C=O) groups excluding carboxylic acids is 1. The summed E-state index contributed by atoms with van der Waals surface area (Å²) < 4.78 is 0. The van der Waals surface area contributed by atoms with Crippen LogP contribution in [-0.4, -0.2) is 17.2 Å². The van der Waals surface area contributed by atoms with Crippen LogP contribution < -0.4 is 5.43 Å². The molecule has 0 atom stereocenters. The van der Waals surface area contributed by atoms with E-state index in [1.165, 1.54) is 24.4 Å². The quantitative estimate of drug-likeness (QED) is 0.650. The number of hydrazone groups is 1. The van der Waals surface area contributed by atoms with E-state index >= 15 is 0 Å². The SMILES string of the molecule is O=C(NN=Cc1c(Cl)cccc1Cl)c1cc(Cl)ccc1O. The summed E-state index contributed by atoms with van der Waals surface area (Å²) in [5.41, 5.74) is 2.77. The number of phenolic OH excluding ortho intramolecular Hbond substituents is 1. The van der Waals surface area contributed by atoms with Crippen LogP contribution in [0.5, 0.6) is 5.75 Å². The Labute approximate surface area is 135 Å². The molecule has 0 unspecified atom stereocenters. The van der Waals surface area contributed by atoms with Crippen LogP contribution in [0.15, 0.2) is 41.5 Å². The molecule has 0 spiro atoms. The van der Waals surface area contributed by atoms with Gasteiger partial charge in [0.05, 0.1) is 21.8 Å². The Morgan fingerprint density at radius 3 is 2.48 bits per heavy atom. The molecule has 0 fully saturated rings. The molecule has 2 N–H and O–H groups in total. The highest BCUT2D eigenvalue weighted by atomic mass is 35.5. The van der Waals surface area contributed by atoms with Crippen LogP contribution in [0.25, 0.3) is 0 Å². The van der Waals surface area contributed by atoms with Crippen LogP contribution in [0.3, 0.4) is 0 Å². The topological polar surface area (TPSA) is 61.7 Å².